The van der Waals surface area contributed by atoms with Gasteiger partial charge in [-0.2, -0.15) is 4.98 Å². The number of anilines is 1. The van der Waals surface area contributed by atoms with E-state index < -0.39 is 5.91 Å². The van der Waals surface area contributed by atoms with Crippen LogP contribution in [0.5, 0.6) is 0 Å². The molecule has 0 radical (unpaired) electrons. The molecule has 0 spiro atoms. The van der Waals surface area contributed by atoms with Crippen LogP contribution in [-0.2, 0) is 0 Å². The highest BCUT2D eigenvalue weighted by molar-refractivity contribution is 5.92. The number of nitrogens with zero attached hydrogens (tertiary/aromatic N) is 3. The molecule has 0 aliphatic carbocycles. The number of hydrogen-bond acceptors (Lipinski definition) is 6. The SMILES string of the molecule is NC(=O)c1cccnc1.Nc1nc2nc[nH]c2c(=O)[nH]1. The van der Waals surface area contributed by atoms with Crippen LogP contribution in [0.2, 0.25) is 0 Å². The Morgan fingerprint density at radius 2 is 2.15 bits per heavy atom. The van der Waals surface area contributed by atoms with Gasteiger partial charge in [0.15, 0.2) is 11.2 Å². The van der Waals surface area contributed by atoms with Crippen molar-refractivity contribution in [2.24, 2.45) is 5.73 Å². The molecule has 6 N–H and O–H groups in total. The molecule has 0 aliphatic rings. The lowest BCUT2D eigenvalue weighted by Gasteiger charge is -1.89. The topological polar surface area (TPSA) is 156 Å². The van der Waals surface area contributed by atoms with Crippen LogP contribution in [-0.4, -0.2) is 30.8 Å². The molecule has 3 heterocycles. The van der Waals surface area contributed by atoms with Crippen molar-refractivity contribution >= 4 is 23.0 Å². The average Bonchev–Trinajstić information content (AvgIpc) is 2.89. The number of pyridine rings is 1. The van der Waals surface area contributed by atoms with E-state index in [4.69, 9.17) is 11.5 Å². The van der Waals surface area contributed by atoms with Crippen LogP contribution in [0, 0.1) is 0 Å². The van der Waals surface area contributed by atoms with E-state index in [1.807, 2.05) is 0 Å². The molecule has 0 unspecified atom stereocenters. The molecule has 0 fully saturated rings. The van der Waals surface area contributed by atoms with Crippen LogP contribution < -0.4 is 17.0 Å². The Balaban J connectivity index is 0.000000151. The number of rotatable bonds is 1. The molecular formula is C11H11N7O2. The molecule has 3 aromatic rings. The lowest BCUT2D eigenvalue weighted by Crippen LogP contribution is -2.10. The largest absolute Gasteiger partial charge is 0.369 e. The maximum absolute atomic E-state index is 11.0. The first-order chi connectivity index (χ1) is 9.58. The molecule has 9 heteroatoms. The second-order valence-electron chi connectivity index (χ2n) is 3.66. The van der Waals surface area contributed by atoms with E-state index in [1.165, 1.54) is 12.5 Å². The Bertz CT molecular complexity index is 778. The minimum absolute atomic E-state index is 0.0783. The summed E-state index contributed by atoms with van der Waals surface area (Å²) in [6.45, 7) is 0. The van der Waals surface area contributed by atoms with Crippen molar-refractivity contribution in [3.8, 4) is 0 Å². The van der Waals surface area contributed by atoms with Gasteiger partial charge in [0.05, 0.1) is 11.9 Å². The first-order valence-corrected chi connectivity index (χ1v) is 5.46. The summed E-state index contributed by atoms with van der Waals surface area (Å²) in [6, 6.07) is 3.29. The van der Waals surface area contributed by atoms with Crippen molar-refractivity contribution < 1.29 is 4.79 Å². The Morgan fingerprint density at radius 3 is 2.75 bits per heavy atom. The number of carbonyl (C=O) groups is 1. The number of nitrogens with two attached hydrogens (primary N) is 2. The van der Waals surface area contributed by atoms with Gasteiger partial charge in [0.2, 0.25) is 11.9 Å². The maximum Gasteiger partial charge on any atom is 0.278 e. The molecule has 102 valence electrons. The van der Waals surface area contributed by atoms with Gasteiger partial charge in [-0.05, 0) is 12.1 Å². The zero-order valence-corrected chi connectivity index (χ0v) is 10.2. The first kappa shape index (κ1) is 13.2. The van der Waals surface area contributed by atoms with Gasteiger partial charge in [0, 0.05) is 12.4 Å². The van der Waals surface area contributed by atoms with E-state index in [-0.39, 0.29) is 11.5 Å². The fraction of sp³-hybridized carbons (Fsp3) is 0. The van der Waals surface area contributed by atoms with Gasteiger partial charge in [-0.25, -0.2) is 4.98 Å². The number of H-pyrrole nitrogens is 2. The number of hydrogen-bond donors (Lipinski definition) is 4. The smallest absolute Gasteiger partial charge is 0.278 e. The summed E-state index contributed by atoms with van der Waals surface area (Å²) in [6.07, 6.45) is 4.42. The van der Waals surface area contributed by atoms with Gasteiger partial charge in [-0.15, -0.1) is 0 Å². The van der Waals surface area contributed by atoms with Gasteiger partial charge in [0.25, 0.3) is 5.56 Å². The highest BCUT2D eigenvalue weighted by Gasteiger charge is 2.01. The maximum atomic E-state index is 11.0. The van der Waals surface area contributed by atoms with Crippen molar-refractivity contribution in [3.63, 3.8) is 0 Å². The Labute approximate surface area is 112 Å². The van der Waals surface area contributed by atoms with Crippen LogP contribution in [0.15, 0.2) is 35.6 Å². The summed E-state index contributed by atoms with van der Waals surface area (Å²) < 4.78 is 0. The van der Waals surface area contributed by atoms with E-state index in [0.717, 1.165) is 0 Å². The standard InChI is InChI=1S/C6H6N2O.C5H5N5O/c7-6(9)5-2-1-3-8-4-5;6-5-9-3-2(4(11)10-5)7-1-8-3/h1-4H,(H2,7,9);1H,(H4,6,7,8,9,10,11). The summed E-state index contributed by atoms with van der Waals surface area (Å²) in [4.78, 5) is 37.6. The number of nitrogen functional groups attached to an aromatic ring is 1. The molecule has 1 amide bonds. The predicted octanol–water partition coefficient (Wildman–Crippen LogP) is -0.591. The third-order valence-electron chi connectivity index (χ3n) is 2.26. The Hall–Kier alpha value is -3.23. The van der Waals surface area contributed by atoms with Crippen molar-refractivity contribution in [2.75, 3.05) is 5.73 Å². The minimum Gasteiger partial charge on any atom is -0.369 e. The third-order valence-corrected chi connectivity index (χ3v) is 2.26. The van der Waals surface area contributed by atoms with E-state index >= 15 is 0 Å². The lowest BCUT2D eigenvalue weighted by atomic mass is 10.3. The van der Waals surface area contributed by atoms with Crippen LogP contribution >= 0.6 is 0 Å². The number of amides is 1. The molecule has 3 aromatic heterocycles. The number of aromatic nitrogens is 5. The van der Waals surface area contributed by atoms with Gasteiger partial charge in [-0.1, -0.05) is 0 Å². The molecule has 0 atom stereocenters. The summed E-state index contributed by atoms with van der Waals surface area (Å²) in [5, 5.41) is 0. The molecule has 3 rings (SSSR count). The second kappa shape index (κ2) is 5.61. The van der Waals surface area contributed by atoms with Crippen LogP contribution in [0.3, 0.4) is 0 Å². The Morgan fingerprint density at radius 1 is 1.35 bits per heavy atom. The number of nitrogens with one attached hydrogen (secondary N) is 2. The van der Waals surface area contributed by atoms with Crippen LogP contribution in [0.25, 0.3) is 11.2 Å². The Kier molecular flexibility index (Phi) is 3.70. The van der Waals surface area contributed by atoms with Crippen LogP contribution in [0.4, 0.5) is 5.95 Å². The zero-order valence-electron chi connectivity index (χ0n) is 10.2. The third kappa shape index (κ3) is 2.96. The fourth-order valence-corrected chi connectivity index (χ4v) is 1.37. The molecule has 9 nitrogen and oxygen atoms in total. The van der Waals surface area contributed by atoms with Gasteiger partial charge >= 0.3 is 0 Å². The average molecular weight is 273 g/mol. The number of aromatic amines is 2. The van der Waals surface area contributed by atoms with E-state index in [9.17, 15) is 9.59 Å². The highest BCUT2D eigenvalue weighted by atomic mass is 16.1. The van der Waals surface area contributed by atoms with Gasteiger partial charge in [-0.3, -0.25) is 19.6 Å². The lowest BCUT2D eigenvalue weighted by molar-refractivity contribution is 0.1000. The number of fused-ring (bicyclic) bond motifs is 1. The summed E-state index contributed by atoms with van der Waals surface area (Å²) in [5.41, 5.74) is 11.0. The fourth-order valence-electron chi connectivity index (χ4n) is 1.37. The minimum atomic E-state index is -0.442. The summed E-state index contributed by atoms with van der Waals surface area (Å²) >= 11 is 0. The van der Waals surface area contributed by atoms with Crippen molar-refractivity contribution in [2.45, 2.75) is 0 Å². The number of imidazole rings is 1. The first-order valence-electron chi connectivity index (χ1n) is 5.46. The monoisotopic (exact) mass is 273 g/mol. The summed E-state index contributed by atoms with van der Waals surface area (Å²) in [5.74, 6) is -0.363. The number of carbonyl (C=O) groups excluding carboxylic acids is 1. The number of primary amides is 1. The summed E-state index contributed by atoms with van der Waals surface area (Å²) in [7, 11) is 0. The van der Waals surface area contributed by atoms with Crippen molar-refractivity contribution in [1.29, 1.82) is 0 Å². The quantitative estimate of drug-likeness (QED) is 0.464. The van der Waals surface area contributed by atoms with Crippen molar-refractivity contribution in [1.82, 2.24) is 24.9 Å². The molecular weight excluding hydrogens is 262 g/mol. The second-order valence-corrected chi connectivity index (χ2v) is 3.66. The van der Waals surface area contributed by atoms with Crippen LogP contribution in [0.1, 0.15) is 10.4 Å². The van der Waals surface area contributed by atoms with Gasteiger partial charge in [0.1, 0.15) is 0 Å². The molecule has 0 aliphatic heterocycles. The normalized spacial score (nSPS) is 9.80. The van der Waals surface area contributed by atoms with E-state index in [2.05, 4.69) is 24.9 Å². The molecule has 0 saturated heterocycles. The molecule has 0 aromatic carbocycles. The van der Waals surface area contributed by atoms with Crippen molar-refractivity contribution in [3.05, 3.63) is 46.8 Å². The predicted molar refractivity (Wildman–Crippen MR) is 71.7 cm³/mol. The molecule has 0 saturated carbocycles. The van der Waals surface area contributed by atoms with E-state index in [0.29, 0.717) is 16.7 Å². The van der Waals surface area contributed by atoms with Gasteiger partial charge < -0.3 is 16.5 Å². The van der Waals surface area contributed by atoms with E-state index in [1.54, 1.807) is 18.3 Å². The zero-order chi connectivity index (χ0) is 14.5. The molecule has 20 heavy (non-hydrogen) atoms. The highest BCUT2D eigenvalue weighted by Crippen LogP contribution is 1.98. The molecule has 0 bridgehead atoms.